The second-order valence-electron chi connectivity index (χ2n) is 4.86. The van der Waals surface area contributed by atoms with Crippen molar-refractivity contribution >= 4 is 0 Å². The van der Waals surface area contributed by atoms with Crippen molar-refractivity contribution in [2.45, 2.75) is 19.9 Å². The van der Waals surface area contributed by atoms with Crippen LogP contribution >= 0.6 is 0 Å². The largest absolute Gasteiger partial charge is 0.494 e. The summed E-state index contributed by atoms with van der Waals surface area (Å²) in [6, 6.07) is 6.65. The maximum atomic E-state index is 5.97. The molecule has 0 radical (unpaired) electrons. The monoisotopic (exact) mass is 264 g/mol. The SMILES string of the molecule is CCOc1ccc(C(CN)N2CCOCC2)cc1C. The van der Waals surface area contributed by atoms with Gasteiger partial charge in [0.15, 0.2) is 0 Å². The molecule has 0 spiro atoms. The van der Waals surface area contributed by atoms with Crippen LogP contribution in [0.25, 0.3) is 0 Å². The number of aryl methyl sites for hydroxylation is 1. The van der Waals surface area contributed by atoms with Gasteiger partial charge in [-0.25, -0.2) is 0 Å². The van der Waals surface area contributed by atoms with Gasteiger partial charge in [0, 0.05) is 25.7 Å². The van der Waals surface area contributed by atoms with Gasteiger partial charge < -0.3 is 15.2 Å². The molecule has 1 unspecified atom stereocenters. The van der Waals surface area contributed by atoms with E-state index in [0.717, 1.165) is 32.1 Å². The van der Waals surface area contributed by atoms with Gasteiger partial charge in [0.05, 0.1) is 19.8 Å². The average molecular weight is 264 g/mol. The van der Waals surface area contributed by atoms with E-state index in [2.05, 4.69) is 30.0 Å². The van der Waals surface area contributed by atoms with Crippen molar-refractivity contribution in [3.63, 3.8) is 0 Å². The summed E-state index contributed by atoms with van der Waals surface area (Å²) in [7, 11) is 0. The van der Waals surface area contributed by atoms with Crippen LogP contribution in [0.2, 0.25) is 0 Å². The fourth-order valence-electron chi connectivity index (χ4n) is 2.58. The lowest BCUT2D eigenvalue weighted by atomic mass is 10.0. The van der Waals surface area contributed by atoms with Gasteiger partial charge >= 0.3 is 0 Å². The van der Waals surface area contributed by atoms with Crippen molar-refractivity contribution in [1.29, 1.82) is 0 Å². The molecular weight excluding hydrogens is 240 g/mol. The molecule has 1 heterocycles. The molecule has 0 bridgehead atoms. The minimum Gasteiger partial charge on any atom is -0.494 e. The lowest BCUT2D eigenvalue weighted by Crippen LogP contribution is -2.41. The average Bonchev–Trinajstić information content (AvgIpc) is 2.44. The first-order valence-electron chi connectivity index (χ1n) is 7.01. The highest BCUT2D eigenvalue weighted by atomic mass is 16.5. The van der Waals surface area contributed by atoms with Gasteiger partial charge in [-0.3, -0.25) is 4.90 Å². The van der Waals surface area contributed by atoms with Crippen LogP contribution in [0.4, 0.5) is 0 Å². The van der Waals surface area contributed by atoms with Gasteiger partial charge in [0.25, 0.3) is 0 Å². The van der Waals surface area contributed by atoms with Crippen LogP contribution in [0, 0.1) is 6.92 Å². The highest BCUT2D eigenvalue weighted by Gasteiger charge is 2.21. The van der Waals surface area contributed by atoms with Crippen LogP contribution in [0.15, 0.2) is 18.2 Å². The molecule has 19 heavy (non-hydrogen) atoms. The lowest BCUT2D eigenvalue weighted by molar-refractivity contribution is 0.0179. The molecule has 1 aliphatic heterocycles. The number of morpholine rings is 1. The summed E-state index contributed by atoms with van der Waals surface area (Å²) >= 11 is 0. The fourth-order valence-corrected chi connectivity index (χ4v) is 2.58. The molecule has 1 saturated heterocycles. The molecular formula is C15H24N2O2. The third kappa shape index (κ3) is 3.47. The Morgan fingerprint density at radius 1 is 1.37 bits per heavy atom. The molecule has 0 aliphatic carbocycles. The molecule has 1 aromatic carbocycles. The minimum atomic E-state index is 0.276. The highest BCUT2D eigenvalue weighted by molar-refractivity contribution is 5.37. The van der Waals surface area contributed by atoms with Crippen molar-refractivity contribution in [3.05, 3.63) is 29.3 Å². The zero-order chi connectivity index (χ0) is 13.7. The van der Waals surface area contributed by atoms with Crippen LogP contribution in [-0.4, -0.2) is 44.4 Å². The van der Waals surface area contributed by atoms with Crippen LogP contribution in [0.5, 0.6) is 5.75 Å². The third-order valence-electron chi connectivity index (χ3n) is 3.59. The predicted octanol–water partition coefficient (Wildman–Crippen LogP) is 1.73. The highest BCUT2D eigenvalue weighted by Crippen LogP contribution is 2.26. The van der Waals surface area contributed by atoms with Crippen molar-refractivity contribution in [2.75, 3.05) is 39.5 Å². The van der Waals surface area contributed by atoms with Gasteiger partial charge in [-0.2, -0.15) is 0 Å². The molecule has 1 aliphatic rings. The van der Waals surface area contributed by atoms with Gasteiger partial charge in [-0.15, -0.1) is 0 Å². The van der Waals surface area contributed by atoms with Crippen LogP contribution in [0.3, 0.4) is 0 Å². The molecule has 106 valence electrons. The Labute approximate surface area is 115 Å². The van der Waals surface area contributed by atoms with Crippen molar-refractivity contribution in [1.82, 2.24) is 4.90 Å². The van der Waals surface area contributed by atoms with E-state index in [1.54, 1.807) is 0 Å². The first kappa shape index (κ1) is 14.3. The summed E-state index contributed by atoms with van der Waals surface area (Å²) in [5.41, 5.74) is 8.41. The van der Waals surface area contributed by atoms with Crippen molar-refractivity contribution in [3.8, 4) is 5.75 Å². The molecule has 1 aromatic rings. The van der Waals surface area contributed by atoms with Gasteiger partial charge in [-0.05, 0) is 31.0 Å². The first-order chi connectivity index (χ1) is 9.26. The number of nitrogens with zero attached hydrogens (tertiary/aromatic N) is 1. The number of rotatable bonds is 5. The zero-order valence-corrected chi connectivity index (χ0v) is 11.9. The topological polar surface area (TPSA) is 47.7 Å². The summed E-state index contributed by atoms with van der Waals surface area (Å²) in [6.45, 7) is 8.92. The Morgan fingerprint density at radius 2 is 2.11 bits per heavy atom. The quantitative estimate of drug-likeness (QED) is 0.880. The van der Waals surface area contributed by atoms with E-state index < -0.39 is 0 Å². The molecule has 2 rings (SSSR count). The number of benzene rings is 1. The number of hydrogen-bond acceptors (Lipinski definition) is 4. The van der Waals surface area contributed by atoms with Gasteiger partial charge in [0.1, 0.15) is 5.75 Å². The smallest absolute Gasteiger partial charge is 0.122 e. The minimum absolute atomic E-state index is 0.276. The van der Waals surface area contributed by atoms with E-state index in [4.69, 9.17) is 15.2 Å². The third-order valence-corrected chi connectivity index (χ3v) is 3.59. The Balaban J connectivity index is 2.15. The lowest BCUT2D eigenvalue weighted by Gasteiger charge is -2.34. The number of nitrogens with two attached hydrogens (primary N) is 1. The summed E-state index contributed by atoms with van der Waals surface area (Å²) in [4.78, 5) is 2.40. The normalized spacial score (nSPS) is 18.3. The van der Waals surface area contributed by atoms with Crippen LogP contribution in [0.1, 0.15) is 24.1 Å². The summed E-state index contributed by atoms with van der Waals surface area (Å²) < 4.78 is 11.0. The molecule has 0 saturated carbocycles. The van der Waals surface area contributed by atoms with Gasteiger partial charge in [0.2, 0.25) is 0 Å². The maximum absolute atomic E-state index is 5.97. The van der Waals surface area contributed by atoms with E-state index in [-0.39, 0.29) is 6.04 Å². The maximum Gasteiger partial charge on any atom is 0.122 e. The second kappa shape index (κ2) is 6.89. The summed E-state index contributed by atoms with van der Waals surface area (Å²) in [5, 5.41) is 0. The first-order valence-corrected chi connectivity index (χ1v) is 7.01. The Kier molecular flexibility index (Phi) is 5.19. The van der Waals surface area contributed by atoms with E-state index in [1.807, 2.05) is 6.92 Å². The molecule has 1 atom stereocenters. The number of ether oxygens (including phenoxy) is 2. The van der Waals surface area contributed by atoms with E-state index in [1.165, 1.54) is 11.1 Å². The fraction of sp³-hybridized carbons (Fsp3) is 0.600. The Morgan fingerprint density at radius 3 is 2.68 bits per heavy atom. The van der Waals surface area contributed by atoms with Crippen molar-refractivity contribution < 1.29 is 9.47 Å². The Bertz CT molecular complexity index is 403. The summed E-state index contributed by atoms with van der Waals surface area (Å²) in [5.74, 6) is 0.962. The second-order valence-corrected chi connectivity index (χ2v) is 4.86. The molecule has 0 amide bonds. The van der Waals surface area contributed by atoms with E-state index in [0.29, 0.717) is 13.2 Å². The van der Waals surface area contributed by atoms with Crippen LogP contribution in [-0.2, 0) is 4.74 Å². The molecule has 1 fully saturated rings. The van der Waals surface area contributed by atoms with Crippen molar-refractivity contribution in [2.24, 2.45) is 5.73 Å². The van der Waals surface area contributed by atoms with Gasteiger partial charge in [-0.1, -0.05) is 12.1 Å². The summed E-state index contributed by atoms with van der Waals surface area (Å²) in [6.07, 6.45) is 0. The van der Waals surface area contributed by atoms with Crippen LogP contribution < -0.4 is 10.5 Å². The predicted molar refractivity (Wildman–Crippen MR) is 76.5 cm³/mol. The number of hydrogen-bond donors (Lipinski definition) is 1. The molecule has 4 nitrogen and oxygen atoms in total. The Hall–Kier alpha value is -1.10. The van der Waals surface area contributed by atoms with E-state index >= 15 is 0 Å². The molecule has 2 N–H and O–H groups in total. The molecule has 4 heteroatoms. The molecule has 0 aromatic heterocycles. The standard InChI is InChI=1S/C15H24N2O2/c1-3-19-15-5-4-13(10-12(15)2)14(11-16)17-6-8-18-9-7-17/h4-5,10,14H,3,6-9,11,16H2,1-2H3. The zero-order valence-electron chi connectivity index (χ0n) is 11.9. The van der Waals surface area contributed by atoms with E-state index in [9.17, 15) is 0 Å².